The molecule has 0 aliphatic rings. The van der Waals surface area contributed by atoms with Gasteiger partial charge in [0.1, 0.15) is 0 Å². The average Bonchev–Trinajstić information content (AvgIpc) is 2.61. The second-order valence-electron chi connectivity index (χ2n) is 7.51. The highest BCUT2D eigenvalue weighted by atomic mass is 31.1. The van der Waals surface area contributed by atoms with E-state index in [9.17, 15) is 0 Å². The molecule has 0 unspecified atom stereocenters. The van der Waals surface area contributed by atoms with Gasteiger partial charge >= 0.3 is 0 Å². The summed E-state index contributed by atoms with van der Waals surface area (Å²) in [5, 5.41) is 0. The Bertz CT molecular complexity index is 190. The van der Waals surface area contributed by atoms with E-state index in [2.05, 4.69) is 27.7 Å². The molecule has 0 bridgehead atoms. The van der Waals surface area contributed by atoms with Crippen molar-refractivity contribution in [3.8, 4) is 0 Å². The van der Waals surface area contributed by atoms with Gasteiger partial charge in [0.15, 0.2) is 0 Å². The van der Waals surface area contributed by atoms with E-state index in [-0.39, 0.29) is 0 Å². The predicted octanol–water partition coefficient (Wildman–Crippen LogP) is 8.71. The lowest BCUT2D eigenvalue weighted by Crippen LogP contribution is -1.98. The zero-order chi connectivity index (χ0) is 17.9. The highest BCUT2D eigenvalue weighted by Crippen LogP contribution is 2.40. The van der Waals surface area contributed by atoms with E-state index in [4.69, 9.17) is 0 Å². The molecule has 0 aromatic rings. The van der Waals surface area contributed by atoms with Gasteiger partial charge in [0.05, 0.1) is 0 Å². The van der Waals surface area contributed by atoms with Crippen LogP contribution in [0.15, 0.2) is 0 Å². The first-order chi connectivity index (χ1) is 11.8. The molecule has 0 amide bonds. The summed E-state index contributed by atoms with van der Waals surface area (Å²) in [5.41, 5.74) is 0. The van der Waals surface area contributed by atoms with Crippen LogP contribution in [0.25, 0.3) is 0 Å². The minimum Gasteiger partial charge on any atom is -0.107 e. The lowest BCUT2D eigenvalue weighted by molar-refractivity contribution is 0.704. The van der Waals surface area contributed by atoms with Gasteiger partial charge in [0.25, 0.3) is 0 Å². The Morgan fingerprint density at radius 1 is 0.333 bits per heavy atom. The van der Waals surface area contributed by atoms with Crippen molar-refractivity contribution in [3.05, 3.63) is 0 Å². The normalized spacial score (nSPS) is 11.8. The Kier molecular flexibility index (Phi) is 20.9. The second kappa shape index (κ2) is 20.2. The van der Waals surface area contributed by atoms with Gasteiger partial charge in [-0.1, -0.05) is 66.2 Å². The zero-order valence-electron chi connectivity index (χ0n) is 17.6. The third kappa shape index (κ3) is 16.3. The Balaban J connectivity index is 3.74. The molecule has 24 heavy (non-hydrogen) atoms. The molecular formula is C22H48P2. The zero-order valence-corrected chi connectivity index (χ0v) is 19.4. The Morgan fingerprint density at radius 2 is 0.583 bits per heavy atom. The van der Waals surface area contributed by atoms with Gasteiger partial charge in [-0.25, -0.2) is 0 Å². The third-order valence-electron chi connectivity index (χ3n) is 5.01. The maximum absolute atomic E-state index is 2.35. The molecule has 2 heteroatoms. The molecule has 0 atom stereocenters. The van der Waals surface area contributed by atoms with E-state index in [1.165, 1.54) is 77.0 Å². The summed E-state index contributed by atoms with van der Waals surface area (Å²) in [4.78, 5) is 0. The van der Waals surface area contributed by atoms with Crippen molar-refractivity contribution in [3.63, 3.8) is 0 Å². The van der Waals surface area contributed by atoms with Gasteiger partial charge in [-0.05, 0) is 75.5 Å². The molecule has 0 N–H and O–H groups in total. The van der Waals surface area contributed by atoms with Gasteiger partial charge in [-0.15, -0.1) is 15.8 Å². The predicted molar refractivity (Wildman–Crippen MR) is 121 cm³/mol. The summed E-state index contributed by atoms with van der Waals surface area (Å²) in [6.45, 7) is 9.40. The monoisotopic (exact) mass is 374 g/mol. The van der Waals surface area contributed by atoms with E-state index in [1.54, 1.807) is 37.0 Å². The summed E-state index contributed by atoms with van der Waals surface area (Å²) >= 11 is 0. The number of rotatable bonds is 19. The third-order valence-corrected chi connectivity index (χ3v) is 10.7. The minimum atomic E-state index is 0.382. The molecule has 0 saturated carbocycles. The van der Waals surface area contributed by atoms with Crippen molar-refractivity contribution >= 4 is 15.8 Å². The standard InChI is InChI=1S/C22H48P2/c1-5-9-17-23(18-10-6-2)21-15-13-14-16-22-24(19-11-7-3)20-12-8-4/h5-22H2,1-4H3. The van der Waals surface area contributed by atoms with Crippen molar-refractivity contribution < 1.29 is 0 Å². The fraction of sp³-hybridized carbons (Fsp3) is 1.00. The van der Waals surface area contributed by atoms with Crippen molar-refractivity contribution in [2.75, 3.05) is 37.0 Å². The van der Waals surface area contributed by atoms with Crippen LogP contribution in [0.1, 0.15) is 105 Å². The molecule has 0 saturated heterocycles. The summed E-state index contributed by atoms with van der Waals surface area (Å²) in [6.07, 6.45) is 27.0. The Morgan fingerprint density at radius 3 is 0.833 bits per heavy atom. The Labute approximate surface area is 157 Å². The van der Waals surface area contributed by atoms with Gasteiger partial charge in [-0.2, -0.15) is 0 Å². The molecule has 0 rings (SSSR count). The fourth-order valence-corrected chi connectivity index (χ4v) is 8.96. The van der Waals surface area contributed by atoms with Crippen LogP contribution in [0.4, 0.5) is 0 Å². The summed E-state index contributed by atoms with van der Waals surface area (Å²) < 4.78 is 0. The molecule has 0 spiro atoms. The average molecular weight is 375 g/mol. The van der Waals surface area contributed by atoms with Crippen molar-refractivity contribution in [1.29, 1.82) is 0 Å². The van der Waals surface area contributed by atoms with Crippen molar-refractivity contribution in [2.45, 2.75) is 105 Å². The SMILES string of the molecule is CCCCP(CCCC)CCCCCCP(CCCC)CCCC. The van der Waals surface area contributed by atoms with E-state index in [0.717, 1.165) is 0 Å². The van der Waals surface area contributed by atoms with Gasteiger partial charge in [0, 0.05) is 0 Å². The van der Waals surface area contributed by atoms with Gasteiger partial charge < -0.3 is 0 Å². The molecule has 0 fully saturated rings. The highest BCUT2D eigenvalue weighted by Gasteiger charge is 2.08. The molecule has 146 valence electrons. The molecule has 0 heterocycles. The van der Waals surface area contributed by atoms with E-state index in [0.29, 0.717) is 15.8 Å². The Hall–Kier alpha value is 0.860. The minimum absolute atomic E-state index is 0.382. The van der Waals surface area contributed by atoms with E-state index in [1.807, 2.05) is 0 Å². The van der Waals surface area contributed by atoms with Gasteiger partial charge in [0.2, 0.25) is 0 Å². The molecule has 0 aliphatic carbocycles. The highest BCUT2D eigenvalue weighted by molar-refractivity contribution is 7.57. The first kappa shape index (κ1) is 24.9. The second-order valence-corrected chi connectivity index (χ2v) is 12.9. The molecule has 0 radical (unpaired) electrons. The van der Waals surface area contributed by atoms with E-state index >= 15 is 0 Å². The van der Waals surface area contributed by atoms with Crippen molar-refractivity contribution in [1.82, 2.24) is 0 Å². The van der Waals surface area contributed by atoms with Crippen LogP contribution in [-0.4, -0.2) is 37.0 Å². The quantitative estimate of drug-likeness (QED) is 0.157. The van der Waals surface area contributed by atoms with Crippen LogP contribution in [0.3, 0.4) is 0 Å². The smallest absolute Gasteiger partial charge is 0.0326 e. The van der Waals surface area contributed by atoms with Crippen LogP contribution < -0.4 is 0 Å². The van der Waals surface area contributed by atoms with E-state index < -0.39 is 0 Å². The number of hydrogen-bond acceptors (Lipinski definition) is 0. The first-order valence-corrected chi connectivity index (χ1v) is 15.0. The summed E-state index contributed by atoms with van der Waals surface area (Å²) in [7, 11) is 0.764. The largest absolute Gasteiger partial charge is 0.107 e. The molecule has 0 aromatic carbocycles. The van der Waals surface area contributed by atoms with Crippen molar-refractivity contribution in [2.24, 2.45) is 0 Å². The lowest BCUT2D eigenvalue weighted by Gasteiger charge is -2.18. The maximum atomic E-state index is 2.35. The first-order valence-electron chi connectivity index (χ1n) is 11.2. The fourth-order valence-electron chi connectivity index (χ4n) is 3.22. The van der Waals surface area contributed by atoms with Gasteiger partial charge in [-0.3, -0.25) is 0 Å². The number of unbranched alkanes of at least 4 members (excludes halogenated alkanes) is 7. The summed E-state index contributed by atoms with van der Waals surface area (Å²) in [6, 6.07) is 0. The van der Waals surface area contributed by atoms with Crippen LogP contribution in [0.2, 0.25) is 0 Å². The number of hydrogen-bond donors (Lipinski definition) is 0. The summed E-state index contributed by atoms with van der Waals surface area (Å²) in [5.74, 6) is 0. The topological polar surface area (TPSA) is 0 Å². The lowest BCUT2D eigenvalue weighted by atomic mass is 10.2. The van der Waals surface area contributed by atoms with Crippen LogP contribution in [0, 0.1) is 0 Å². The molecular weight excluding hydrogens is 326 g/mol. The molecule has 0 nitrogen and oxygen atoms in total. The maximum Gasteiger partial charge on any atom is -0.0326 e. The molecule has 0 aliphatic heterocycles. The van der Waals surface area contributed by atoms with Crippen LogP contribution >= 0.6 is 15.8 Å². The molecule has 0 aromatic heterocycles. The van der Waals surface area contributed by atoms with Crippen LogP contribution in [-0.2, 0) is 0 Å². The van der Waals surface area contributed by atoms with Crippen LogP contribution in [0.5, 0.6) is 0 Å².